The van der Waals surface area contributed by atoms with E-state index >= 15 is 0 Å². The number of nitrogens with two attached hydrogens (primary N) is 2. The molecule has 0 bridgehead atoms. The van der Waals surface area contributed by atoms with Gasteiger partial charge in [0.05, 0.1) is 13.2 Å². The molecule has 3 aliphatic rings. The van der Waals surface area contributed by atoms with Crippen molar-refractivity contribution in [1.29, 1.82) is 0 Å². The fourth-order valence-electron chi connectivity index (χ4n) is 7.57. The lowest BCUT2D eigenvalue weighted by Gasteiger charge is -2.35. The zero-order valence-corrected chi connectivity index (χ0v) is 27.1. The molecular weight excluding hydrogens is 582 g/mol. The number of nitrogens with zero attached hydrogens (tertiary/aromatic N) is 1. The fourth-order valence-corrected chi connectivity index (χ4v) is 7.57. The lowest BCUT2D eigenvalue weighted by atomic mass is 9.79. The summed E-state index contributed by atoms with van der Waals surface area (Å²) >= 11 is 0. The van der Waals surface area contributed by atoms with Crippen molar-refractivity contribution in [2.24, 2.45) is 28.3 Å². The van der Waals surface area contributed by atoms with Crippen LogP contribution in [0.25, 0.3) is 11.1 Å². The molecule has 0 radical (unpaired) electrons. The Labute approximate surface area is 271 Å². The molecule has 3 aromatic rings. The molecule has 246 valence electrons. The van der Waals surface area contributed by atoms with E-state index in [0.717, 1.165) is 90.3 Å². The van der Waals surface area contributed by atoms with Crippen molar-refractivity contribution >= 4 is 5.96 Å². The molecule has 1 heterocycles. The van der Waals surface area contributed by atoms with Crippen molar-refractivity contribution in [1.82, 2.24) is 0 Å². The number of aromatic hydroxyl groups is 2. The number of aliphatic imine (C=N–C) groups is 1. The van der Waals surface area contributed by atoms with Crippen molar-refractivity contribution in [2.45, 2.75) is 89.9 Å². The molecule has 9 nitrogen and oxygen atoms in total. The van der Waals surface area contributed by atoms with Crippen molar-refractivity contribution in [3.8, 4) is 39.9 Å². The Bertz CT molecular complexity index is 1620. The van der Waals surface area contributed by atoms with E-state index in [1.807, 2.05) is 12.1 Å². The van der Waals surface area contributed by atoms with Gasteiger partial charge in [-0.1, -0.05) is 26.3 Å². The van der Waals surface area contributed by atoms with Gasteiger partial charge in [-0.25, -0.2) is 0 Å². The molecule has 0 amide bonds. The summed E-state index contributed by atoms with van der Waals surface area (Å²) in [6, 6.07) is 11.1. The molecule has 7 N–H and O–H groups in total. The van der Waals surface area contributed by atoms with Crippen LogP contribution < -0.4 is 25.7 Å². The molecule has 0 aromatic heterocycles. The molecule has 1 aliphatic heterocycles. The van der Waals surface area contributed by atoms with Gasteiger partial charge in [0.2, 0.25) is 0 Å². The maximum atomic E-state index is 11.5. The Balaban J connectivity index is 1.28. The minimum absolute atomic E-state index is 0.0558. The first-order valence-corrected chi connectivity index (χ1v) is 16.6. The molecule has 1 saturated carbocycles. The van der Waals surface area contributed by atoms with Crippen LogP contribution in [-0.4, -0.2) is 47.1 Å². The Morgan fingerprint density at radius 1 is 1.00 bits per heavy atom. The number of aliphatic hydroxyl groups excluding tert-OH is 1. The predicted octanol–water partition coefficient (Wildman–Crippen LogP) is 5.71. The molecule has 0 saturated heterocycles. The minimum Gasteiger partial charge on any atom is -0.508 e. The normalized spacial score (nSPS) is 21.8. The SMILES string of the molecule is COc1cc2c(c3c1-c1cc(CC(C)C)c(O)cc1CC3)CC(O)C(c1ccc(O)c(OC3CCCCC3CCN=C(N)N)c1)O2. The van der Waals surface area contributed by atoms with Gasteiger partial charge in [0.1, 0.15) is 29.5 Å². The first-order chi connectivity index (χ1) is 22.1. The second kappa shape index (κ2) is 13.3. The summed E-state index contributed by atoms with van der Waals surface area (Å²) in [5.41, 5.74) is 18.0. The summed E-state index contributed by atoms with van der Waals surface area (Å²) in [4.78, 5) is 4.15. The fraction of sp³-hybridized carbons (Fsp3) is 0.486. The lowest BCUT2D eigenvalue weighted by Crippen LogP contribution is -2.32. The van der Waals surface area contributed by atoms with E-state index in [1.165, 1.54) is 0 Å². The van der Waals surface area contributed by atoms with E-state index in [4.69, 9.17) is 25.7 Å². The maximum absolute atomic E-state index is 11.5. The number of ether oxygens (including phenoxy) is 3. The Hall–Kier alpha value is -4.11. The summed E-state index contributed by atoms with van der Waals surface area (Å²) in [5.74, 6) is 2.96. The number of phenolic OH excluding ortho intramolecular Hbond substituents is 2. The van der Waals surface area contributed by atoms with Crippen molar-refractivity contribution in [3.05, 3.63) is 64.2 Å². The Kier molecular flexibility index (Phi) is 9.22. The predicted molar refractivity (Wildman–Crippen MR) is 179 cm³/mol. The van der Waals surface area contributed by atoms with Gasteiger partial charge in [0.15, 0.2) is 17.5 Å². The number of methoxy groups -OCH3 is 1. The largest absolute Gasteiger partial charge is 0.508 e. The zero-order chi connectivity index (χ0) is 32.5. The summed E-state index contributed by atoms with van der Waals surface area (Å²) in [5, 5.41) is 33.0. The Morgan fingerprint density at radius 3 is 2.57 bits per heavy atom. The monoisotopic (exact) mass is 629 g/mol. The molecule has 1 fully saturated rings. The zero-order valence-electron chi connectivity index (χ0n) is 27.1. The van der Waals surface area contributed by atoms with Crippen molar-refractivity contribution in [3.63, 3.8) is 0 Å². The van der Waals surface area contributed by atoms with Gasteiger partial charge in [0, 0.05) is 30.2 Å². The van der Waals surface area contributed by atoms with E-state index in [-0.39, 0.29) is 23.7 Å². The van der Waals surface area contributed by atoms with E-state index in [1.54, 1.807) is 25.3 Å². The number of fused-ring (bicyclic) bond motifs is 5. The van der Waals surface area contributed by atoms with Crippen LogP contribution in [0.5, 0.6) is 28.7 Å². The van der Waals surface area contributed by atoms with Gasteiger partial charge in [-0.15, -0.1) is 0 Å². The van der Waals surface area contributed by atoms with Crippen LogP contribution in [0.1, 0.15) is 79.9 Å². The van der Waals surface area contributed by atoms with E-state index < -0.39 is 12.2 Å². The van der Waals surface area contributed by atoms with Gasteiger partial charge < -0.3 is 41.0 Å². The third-order valence-corrected chi connectivity index (χ3v) is 9.78. The third kappa shape index (κ3) is 6.43. The maximum Gasteiger partial charge on any atom is 0.185 e. The molecule has 46 heavy (non-hydrogen) atoms. The highest BCUT2D eigenvalue weighted by Crippen LogP contribution is 2.50. The minimum atomic E-state index is -0.804. The topological polar surface area (TPSA) is 153 Å². The average Bonchev–Trinajstić information content (AvgIpc) is 3.02. The van der Waals surface area contributed by atoms with Crippen LogP contribution in [-0.2, 0) is 25.7 Å². The van der Waals surface area contributed by atoms with E-state index in [0.29, 0.717) is 41.9 Å². The number of rotatable bonds is 9. The van der Waals surface area contributed by atoms with Crippen LogP contribution >= 0.6 is 0 Å². The quantitative estimate of drug-likeness (QED) is 0.149. The number of aliphatic hydroxyl groups is 1. The average molecular weight is 630 g/mol. The highest BCUT2D eigenvalue weighted by atomic mass is 16.5. The molecule has 4 unspecified atom stereocenters. The van der Waals surface area contributed by atoms with E-state index in [2.05, 4.69) is 24.9 Å². The van der Waals surface area contributed by atoms with Crippen LogP contribution in [0.15, 0.2) is 41.4 Å². The van der Waals surface area contributed by atoms with Crippen LogP contribution in [0.3, 0.4) is 0 Å². The number of aryl methyl sites for hydroxylation is 1. The summed E-state index contributed by atoms with van der Waals surface area (Å²) in [6.45, 7) is 4.83. The second-order valence-electron chi connectivity index (χ2n) is 13.5. The van der Waals surface area contributed by atoms with Gasteiger partial charge in [0.25, 0.3) is 0 Å². The number of hydrogen-bond donors (Lipinski definition) is 5. The molecule has 4 atom stereocenters. The summed E-state index contributed by atoms with van der Waals surface area (Å²) in [7, 11) is 1.67. The lowest BCUT2D eigenvalue weighted by molar-refractivity contribution is 0.0199. The van der Waals surface area contributed by atoms with Gasteiger partial charge in [-0.3, -0.25) is 4.99 Å². The standard InChI is InChI=1S/C37H47N3O6/c1-20(2)14-24-15-26-22(16-29(24)42)8-10-25-27-18-30(43)36(46-32(27)19-34(44-3)35(25)26)23-9-11-28(41)33(17-23)45-31-7-5-4-6-21(31)12-13-40-37(38)39/h9,11,15-17,19-21,30-31,36,41-43H,4-8,10,12-14,18H2,1-3H3,(H4,38,39,40). The van der Waals surface area contributed by atoms with Crippen LogP contribution in [0.2, 0.25) is 0 Å². The molecule has 6 rings (SSSR count). The smallest absolute Gasteiger partial charge is 0.185 e. The summed E-state index contributed by atoms with van der Waals surface area (Å²) < 4.78 is 18.9. The first kappa shape index (κ1) is 31.9. The summed E-state index contributed by atoms with van der Waals surface area (Å²) in [6.07, 6.45) is 6.12. The van der Waals surface area contributed by atoms with Gasteiger partial charge >= 0.3 is 0 Å². The van der Waals surface area contributed by atoms with Crippen molar-refractivity contribution in [2.75, 3.05) is 13.7 Å². The highest BCUT2D eigenvalue weighted by molar-refractivity contribution is 5.82. The Morgan fingerprint density at radius 2 is 1.80 bits per heavy atom. The first-order valence-electron chi connectivity index (χ1n) is 16.6. The van der Waals surface area contributed by atoms with Crippen LogP contribution in [0, 0.1) is 11.8 Å². The highest BCUT2D eigenvalue weighted by Gasteiger charge is 2.36. The molecule has 0 spiro atoms. The van der Waals surface area contributed by atoms with Gasteiger partial charge in [-0.05, 0) is 109 Å². The van der Waals surface area contributed by atoms with E-state index in [9.17, 15) is 15.3 Å². The third-order valence-electron chi connectivity index (χ3n) is 9.78. The van der Waals surface area contributed by atoms with Gasteiger partial charge in [-0.2, -0.15) is 0 Å². The number of benzene rings is 3. The molecular formula is C37H47N3O6. The molecule has 3 aromatic carbocycles. The van der Waals surface area contributed by atoms with Crippen LogP contribution in [0.4, 0.5) is 0 Å². The number of phenols is 2. The number of guanidine groups is 1. The molecule has 9 heteroatoms. The molecule has 2 aliphatic carbocycles. The second-order valence-corrected chi connectivity index (χ2v) is 13.5. The number of hydrogen-bond acceptors (Lipinski definition) is 7. The van der Waals surface area contributed by atoms with Crippen molar-refractivity contribution < 1.29 is 29.5 Å².